The van der Waals surface area contributed by atoms with Crippen molar-refractivity contribution in [1.29, 1.82) is 0 Å². The lowest BCUT2D eigenvalue weighted by atomic mass is 10.0. The first-order valence-electron chi connectivity index (χ1n) is 13.0. The van der Waals surface area contributed by atoms with Crippen LogP contribution in [0, 0.1) is 13.8 Å². The number of aromatic amines is 2. The smallest absolute Gasteiger partial charge is 0.201 e. The molecule has 194 valence electrons. The van der Waals surface area contributed by atoms with Crippen molar-refractivity contribution in [1.82, 2.24) is 9.97 Å². The molecule has 0 amide bonds. The maximum atomic E-state index is 14.1. The molecule has 0 fully saturated rings. The first-order chi connectivity index (χ1) is 19.4. The van der Waals surface area contributed by atoms with E-state index in [4.69, 9.17) is 9.47 Å². The number of para-hydroxylation sites is 1. The van der Waals surface area contributed by atoms with Crippen LogP contribution < -0.4 is 20.3 Å². The molecular weight excluding hydrogens is 500 g/mol. The monoisotopic (exact) mass is 524 g/mol. The Hall–Kier alpha value is -5.36. The van der Waals surface area contributed by atoms with Crippen LogP contribution in [0.1, 0.15) is 11.1 Å². The van der Waals surface area contributed by atoms with E-state index in [9.17, 15) is 9.59 Å². The standard InChI is InChI=1S/C34H24N2O4/c1-19-7-11-21(12-8-19)39-29-15-16-30(40-22-13-9-20(2)10-14-22)32-31(29)34(38)25-18-27-24(17-28(25)36-32)33(37)23-5-3-4-6-26(23)35-27/h3-18H,1-2H3,(H,35,37)(H,36,38). The Bertz CT molecular complexity index is 2210. The van der Waals surface area contributed by atoms with E-state index in [1.165, 1.54) is 0 Å². The summed E-state index contributed by atoms with van der Waals surface area (Å²) >= 11 is 0. The van der Waals surface area contributed by atoms with Gasteiger partial charge in [0.15, 0.2) is 11.2 Å². The summed E-state index contributed by atoms with van der Waals surface area (Å²) in [4.78, 5) is 34.2. The van der Waals surface area contributed by atoms with E-state index in [-0.39, 0.29) is 10.9 Å². The maximum Gasteiger partial charge on any atom is 0.201 e. The van der Waals surface area contributed by atoms with E-state index in [0.717, 1.165) is 11.1 Å². The average Bonchev–Trinajstić information content (AvgIpc) is 2.96. The molecule has 0 atom stereocenters. The minimum absolute atomic E-state index is 0.0974. The van der Waals surface area contributed by atoms with E-state index >= 15 is 0 Å². The van der Waals surface area contributed by atoms with Gasteiger partial charge in [-0.1, -0.05) is 47.5 Å². The van der Waals surface area contributed by atoms with Gasteiger partial charge in [-0.25, -0.2) is 0 Å². The zero-order valence-electron chi connectivity index (χ0n) is 21.9. The minimum atomic E-state index is -0.226. The fourth-order valence-electron chi connectivity index (χ4n) is 5.08. The summed E-state index contributed by atoms with van der Waals surface area (Å²) in [6.07, 6.45) is 0. The molecule has 0 radical (unpaired) electrons. The third-order valence-electron chi connectivity index (χ3n) is 7.20. The van der Waals surface area contributed by atoms with Gasteiger partial charge in [0.25, 0.3) is 0 Å². The maximum absolute atomic E-state index is 14.1. The van der Waals surface area contributed by atoms with Gasteiger partial charge in [0, 0.05) is 21.7 Å². The predicted octanol–water partition coefficient (Wildman–Crippen LogP) is 7.88. The largest absolute Gasteiger partial charge is 0.457 e. The Morgan fingerprint density at radius 1 is 0.525 bits per heavy atom. The van der Waals surface area contributed by atoms with Gasteiger partial charge < -0.3 is 19.4 Å². The number of hydrogen-bond acceptors (Lipinski definition) is 4. The molecule has 2 heterocycles. The second-order valence-corrected chi connectivity index (χ2v) is 10.0. The highest BCUT2D eigenvalue weighted by atomic mass is 16.5. The van der Waals surface area contributed by atoms with Crippen LogP contribution in [0.2, 0.25) is 0 Å². The van der Waals surface area contributed by atoms with Gasteiger partial charge in [-0.15, -0.1) is 0 Å². The lowest BCUT2D eigenvalue weighted by Gasteiger charge is -2.15. The van der Waals surface area contributed by atoms with Gasteiger partial charge >= 0.3 is 0 Å². The molecule has 6 nitrogen and oxygen atoms in total. The van der Waals surface area contributed by atoms with E-state index in [0.29, 0.717) is 66.6 Å². The van der Waals surface area contributed by atoms with Crippen LogP contribution in [-0.4, -0.2) is 9.97 Å². The van der Waals surface area contributed by atoms with Crippen molar-refractivity contribution in [3.8, 4) is 23.0 Å². The van der Waals surface area contributed by atoms with E-state index in [1.807, 2.05) is 80.6 Å². The average molecular weight is 525 g/mol. The number of aromatic nitrogens is 2. The van der Waals surface area contributed by atoms with Crippen LogP contribution in [0.15, 0.2) is 107 Å². The number of nitrogens with one attached hydrogen (secondary N) is 2. The molecule has 0 aliphatic carbocycles. The Kier molecular flexibility index (Phi) is 5.42. The van der Waals surface area contributed by atoms with E-state index in [2.05, 4.69) is 9.97 Å². The Balaban J connectivity index is 1.51. The van der Waals surface area contributed by atoms with Crippen LogP contribution >= 0.6 is 0 Å². The normalized spacial score (nSPS) is 11.4. The predicted molar refractivity (Wildman–Crippen MR) is 160 cm³/mol. The molecule has 0 unspecified atom stereocenters. The molecule has 0 saturated carbocycles. The topological polar surface area (TPSA) is 84.2 Å². The van der Waals surface area contributed by atoms with Gasteiger partial charge in [-0.2, -0.15) is 0 Å². The summed E-state index contributed by atoms with van der Waals surface area (Å²) in [7, 11) is 0. The molecule has 0 saturated heterocycles. The Morgan fingerprint density at radius 2 is 1.07 bits per heavy atom. The summed E-state index contributed by atoms with van der Waals surface area (Å²) in [6.45, 7) is 4.01. The van der Waals surface area contributed by atoms with Crippen LogP contribution in [0.5, 0.6) is 23.0 Å². The molecule has 0 bridgehead atoms. The van der Waals surface area contributed by atoms with E-state index < -0.39 is 0 Å². The van der Waals surface area contributed by atoms with Gasteiger partial charge in [0.1, 0.15) is 17.2 Å². The minimum Gasteiger partial charge on any atom is -0.457 e. The summed E-state index contributed by atoms with van der Waals surface area (Å²) in [5.41, 5.74) is 4.23. The molecular formula is C34H24N2O4. The third kappa shape index (κ3) is 3.98. The lowest BCUT2D eigenvalue weighted by Crippen LogP contribution is -2.09. The molecule has 0 aliphatic rings. The van der Waals surface area contributed by atoms with Crippen molar-refractivity contribution in [2.24, 2.45) is 0 Å². The number of fused-ring (bicyclic) bond motifs is 4. The first-order valence-corrected chi connectivity index (χ1v) is 13.0. The van der Waals surface area contributed by atoms with Crippen LogP contribution in [0.3, 0.4) is 0 Å². The van der Waals surface area contributed by atoms with Crippen molar-refractivity contribution < 1.29 is 9.47 Å². The van der Waals surface area contributed by atoms with Crippen LogP contribution in [-0.2, 0) is 0 Å². The lowest BCUT2D eigenvalue weighted by molar-refractivity contribution is 0.476. The highest BCUT2D eigenvalue weighted by Gasteiger charge is 2.18. The SMILES string of the molecule is Cc1ccc(Oc2ccc(Oc3ccc(C)cc3)c3c(=O)c4cc5[nH]c6ccccc6c(=O)c5cc4[nH]c23)cc1. The molecule has 6 heteroatoms. The van der Waals surface area contributed by atoms with Crippen molar-refractivity contribution in [3.05, 3.63) is 129 Å². The number of rotatable bonds is 4. The van der Waals surface area contributed by atoms with Gasteiger partial charge in [-0.05, 0) is 74.5 Å². The molecule has 7 aromatic rings. The number of pyridine rings is 2. The second kappa shape index (κ2) is 9.13. The zero-order chi connectivity index (χ0) is 27.4. The third-order valence-corrected chi connectivity index (χ3v) is 7.20. The van der Waals surface area contributed by atoms with Gasteiger partial charge in [0.05, 0.1) is 21.9 Å². The summed E-state index contributed by atoms with van der Waals surface area (Å²) in [5, 5.41) is 1.89. The van der Waals surface area contributed by atoms with Gasteiger partial charge in [-0.3, -0.25) is 9.59 Å². The fraction of sp³-hybridized carbons (Fsp3) is 0.0588. The molecule has 7 rings (SSSR count). The second-order valence-electron chi connectivity index (χ2n) is 10.0. The molecule has 2 N–H and O–H groups in total. The molecule has 5 aromatic carbocycles. The quantitative estimate of drug-likeness (QED) is 0.229. The number of hydrogen-bond donors (Lipinski definition) is 2. The van der Waals surface area contributed by atoms with Crippen LogP contribution in [0.4, 0.5) is 0 Å². The highest BCUT2D eigenvalue weighted by molar-refractivity contribution is 6.04. The van der Waals surface area contributed by atoms with Gasteiger partial charge in [0.2, 0.25) is 5.43 Å². The van der Waals surface area contributed by atoms with E-state index in [1.54, 1.807) is 30.3 Å². The summed E-state index contributed by atoms with van der Waals surface area (Å²) in [6, 6.07) is 29.7. The Morgan fingerprint density at radius 3 is 1.75 bits per heavy atom. The molecule has 40 heavy (non-hydrogen) atoms. The fourth-order valence-corrected chi connectivity index (χ4v) is 5.08. The van der Waals surface area contributed by atoms with Crippen LogP contribution in [0.25, 0.3) is 43.6 Å². The summed E-state index contributed by atoms with van der Waals surface area (Å²) < 4.78 is 12.5. The molecule has 0 aliphatic heterocycles. The number of benzene rings is 5. The van der Waals surface area contributed by atoms with Crippen molar-refractivity contribution in [2.75, 3.05) is 0 Å². The van der Waals surface area contributed by atoms with Crippen molar-refractivity contribution in [2.45, 2.75) is 13.8 Å². The van der Waals surface area contributed by atoms with Crippen molar-refractivity contribution in [3.63, 3.8) is 0 Å². The highest BCUT2D eigenvalue weighted by Crippen LogP contribution is 2.36. The van der Waals surface area contributed by atoms with Crippen molar-refractivity contribution >= 4 is 43.6 Å². The molecule has 0 spiro atoms. The Labute approximate surface area is 228 Å². The number of H-pyrrole nitrogens is 2. The first kappa shape index (κ1) is 23.7. The summed E-state index contributed by atoms with van der Waals surface area (Å²) in [5.74, 6) is 2.14. The number of ether oxygens (including phenoxy) is 2. The zero-order valence-corrected chi connectivity index (χ0v) is 21.9. The number of aryl methyl sites for hydroxylation is 2. The molecule has 2 aromatic heterocycles.